The summed E-state index contributed by atoms with van der Waals surface area (Å²) in [5.41, 5.74) is 22.0. The second-order valence-corrected chi connectivity index (χ2v) is 17.5. The van der Waals surface area contributed by atoms with Gasteiger partial charge in [0.2, 0.25) is 0 Å². The molecule has 0 radical (unpaired) electrons. The molecule has 8 rings (SSSR count). The van der Waals surface area contributed by atoms with Gasteiger partial charge in [0.15, 0.2) is 5.82 Å². The summed E-state index contributed by atoms with van der Waals surface area (Å²) < 4.78 is 0. The Kier molecular flexibility index (Phi) is 16.9. The highest BCUT2D eigenvalue weighted by Gasteiger charge is 2.17. The van der Waals surface area contributed by atoms with Crippen LogP contribution in [0.2, 0.25) is 0 Å². The summed E-state index contributed by atoms with van der Waals surface area (Å²) in [6, 6.07) is 63.0. The zero-order valence-corrected chi connectivity index (χ0v) is 41.7. The van der Waals surface area contributed by atoms with Gasteiger partial charge in [0.25, 0.3) is 0 Å². The summed E-state index contributed by atoms with van der Waals surface area (Å²) in [6.07, 6.45) is 11.4. The lowest BCUT2D eigenvalue weighted by atomic mass is 9.94. The van der Waals surface area contributed by atoms with Gasteiger partial charge in [0.1, 0.15) is 0 Å². The van der Waals surface area contributed by atoms with E-state index < -0.39 is 0 Å². The molecule has 0 N–H and O–H groups in total. The van der Waals surface area contributed by atoms with Crippen molar-refractivity contribution in [1.29, 1.82) is 0 Å². The lowest BCUT2D eigenvalue weighted by Gasteiger charge is -2.15. The minimum atomic E-state index is 0.716. The van der Waals surface area contributed by atoms with Gasteiger partial charge in [-0.05, 0) is 132 Å². The molecule has 0 bridgehead atoms. The highest BCUT2D eigenvalue weighted by molar-refractivity contribution is 6.03. The van der Waals surface area contributed by atoms with E-state index >= 15 is 0 Å². The zero-order chi connectivity index (χ0) is 50.3. The molecule has 1 aromatic heterocycles. The largest absolute Gasteiger partial charge is 0.253 e. The molecule has 0 spiro atoms. The first kappa shape index (κ1) is 50.1. The standard InChI is InChI=1S/C40H33N.C28H28N2/c1-5-16-31(6-2)37-23-35(24-38(27-37)32-17-10-7-11-18-32)29(3)41-30(4)36-25-39(33-19-12-8-13-20-33)28-40(26-36)34-21-14-9-15-22-34;1-7-8-14-25(20(4)5)27-21(6)26(23-12-10-9-11-13-23)29-28(30-27)24-17-15-22(16-18-24)19(2)3/h5-28H,1-2,4H2,3H3;7-18H,1-2H2,3-6H3/b31-16+,41-29?;14-8-. The third-order valence-corrected chi connectivity index (χ3v) is 12.1. The summed E-state index contributed by atoms with van der Waals surface area (Å²) in [6.45, 7) is 30.5. The van der Waals surface area contributed by atoms with Crippen LogP contribution < -0.4 is 0 Å². The van der Waals surface area contributed by atoms with Gasteiger partial charge in [0, 0.05) is 28.0 Å². The molecule has 0 aliphatic heterocycles. The van der Waals surface area contributed by atoms with Gasteiger partial charge in [0.05, 0.1) is 17.1 Å². The highest BCUT2D eigenvalue weighted by atomic mass is 14.9. The van der Waals surface area contributed by atoms with Crippen molar-refractivity contribution >= 4 is 28.1 Å². The second kappa shape index (κ2) is 24.0. The van der Waals surface area contributed by atoms with Crippen molar-refractivity contribution in [1.82, 2.24) is 9.97 Å². The molecule has 0 aliphatic carbocycles. The topological polar surface area (TPSA) is 38.1 Å². The van der Waals surface area contributed by atoms with Crippen molar-refractivity contribution in [3.8, 4) is 56.0 Å². The average molecular weight is 920 g/mol. The van der Waals surface area contributed by atoms with E-state index in [0.717, 1.165) is 112 Å². The molecule has 0 fully saturated rings. The van der Waals surface area contributed by atoms with E-state index in [9.17, 15) is 0 Å². The maximum Gasteiger partial charge on any atom is 0.160 e. The van der Waals surface area contributed by atoms with E-state index in [0.29, 0.717) is 5.82 Å². The van der Waals surface area contributed by atoms with Crippen LogP contribution in [0.1, 0.15) is 61.2 Å². The quantitative estimate of drug-likeness (QED) is 0.0759. The minimum absolute atomic E-state index is 0.716. The lowest BCUT2D eigenvalue weighted by Crippen LogP contribution is -2.03. The monoisotopic (exact) mass is 919 g/mol. The molecular formula is C68H61N3. The predicted molar refractivity (Wildman–Crippen MR) is 309 cm³/mol. The summed E-state index contributed by atoms with van der Waals surface area (Å²) in [5.74, 6) is 0.716. The van der Waals surface area contributed by atoms with Gasteiger partial charge in [-0.2, -0.15) is 0 Å². The van der Waals surface area contributed by atoms with Crippen LogP contribution in [0.5, 0.6) is 0 Å². The van der Waals surface area contributed by atoms with Gasteiger partial charge in [-0.3, -0.25) is 4.99 Å². The summed E-state index contributed by atoms with van der Waals surface area (Å²) in [4.78, 5) is 15.0. The molecule has 1 heterocycles. The summed E-state index contributed by atoms with van der Waals surface area (Å²) >= 11 is 0. The minimum Gasteiger partial charge on any atom is -0.253 e. The zero-order valence-electron chi connectivity index (χ0n) is 41.7. The molecule has 3 nitrogen and oxygen atoms in total. The molecule has 0 amide bonds. The molecule has 0 atom stereocenters. The van der Waals surface area contributed by atoms with E-state index in [1.807, 2.05) is 68.5 Å². The first-order valence-corrected chi connectivity index (χ1v) is 23.8. The molecule has 3 heteroatoms. The Bertz CT molecular complexity index is 3270. The molecule has 0 saturated heterocycles. The average Bonchev–Trinajstić information content (AvgIpc) is 3.41. The molecule has 8 aromatic rings. The number of nitrogens with zero attached hydrogens (tertiary/aromatic N) is 3. The Balaban J connectivity index is 0.000000219. The van der Waals surface area contributed by atoms with Gasteiger partial charge in [-0.25, -0.2) is 9.97 Å². The Morgan fingerprint density at radius 3 is 1.45 bits per heavy atom. The fourth-order valence-corrected chi connectivity index (χ4v) is 8.27. The van der Waals surface area contributed by atoms with Crippen molar-refractivity contribution in [3.63, 3.8) is 0 Å². The van der Waals surface area contributed by atoms with Crippen LogP contribution >= 0.6 is 0 Å². The van der Waals surface area contributed by atoms with E-state index in [1.54, 1.807) is 12.2 Å². The fourth-order valence-electron chi connectivity index (χ4n) is 8.27. The molecule has 0 unspecified atom stereocenters. The third-order valence-electron chi connectivity index (χ3n) is 12.1. The smallest absolute Gasteiger partial charge is 0.160 e. The van der Waals surface area contributed by atoms with E-state index in [1.165, 1.54) is 5.57 Å². The summed E-state index contributed by atoms with van der Waals surface area (Å²) in [5, 5.41) is 0. The first-order valence-electron chi connectivity index (χ1n) is 23.8. The predicted octanol–water partition coefficient (Wildman–Crippen LogP) is 18.6. The van der Waals surface area contributed by atoms with Crippen LogP contribution in [-0.4, -0.2) is 15.7 Å². The Hall–Kier alpha value is -8.79. The van der Waals surface area contributed by atoms with Crippen LogP contribution in [0.25, 0.3) is 78.4 Å². The SMILES string of the molecule is C=C/C=C(\C=C)c1cc(C(C)=NC(=C)c2cc(-c3ccccc3)cc(-c3ccccc3)c2)cc(-c2ccccc2)c1.C=C/C=C\C(=C(C)C)c1nc(-c2ccc(C(=C)C)cc2)nc(-c2ccccc2)c1C. The number of aromatic nitrogens is 2. The molecule has 0 saturated carbocycles. The molecule has 71 heavy (non-hydrogen) atoms. The van der Waals surface area contributed by atoms with Gasteiger partial charge in [-0.15, -0.1) is 0 Å². The van der Waals surface area contributed by atoms with Crippen molar-refractivity contribution in [2.75, 3.05) is 0 Å². The normalized spacial score (nSPS) is 11.3. The van der Waals surface area contributed by atoms with Crippen LogP contribution in [0.4, 0.5) is 0 Å². The Morgan fingerprint density at radius 2 is 0.972 bits per heavy atom. The van der Waals surface area contributed by atoms with Gasteiger partial charge >= 0.3 is 0 Å². The number of rotatable bonds is 15. The second-order valence-electron chi connectivity index (χ2n) is 17.5. The van der Waals surface area contributed by atoms with Crippen LogP contribution in [0.15, 0.2) is 262 Å². The number of hydrogen-bond acceptors (Lipinski definition) is 3. The molecule has 348 valence electrons. The van der Waals surface area contributed by atoms with Gasteiger partial charge in [-0.1, -0.05) is 226 Å². The number of hydrogen-bond donors (Lipinski definition) is 0. The van der Waals surface area contributed by atoms with Crippen molar-refractivity contribution < 1.29 is 0 Å². The molecule has 0 aliphatic rings. The number of allylic oxidation sites excluding steroid dienone is 10. The van der Waals surface area contributed by atoms with Crippen LogP contribution in [0.3, 0.4) is 0 Å². The summed E-state index contributed by atoms with van der Waals surface area (Å²) in [7, 11) is 0. The lowest BCUT2D eigenvalue weighted by molar-refractivity contribution is 1.11. The van der Waals surface area contributed by atoms with Crippen molar-refractivity contribution in [2.45, 2.75) is 34.6 Å². The van der Waals surface area contributed by atoms with Crippen molar-refractivity contribution in [2.24, 2.45) is 4.99 Å². The van der Waals surface area contributed by atoms with E-state index in [2.05, 4.69) is 205 Å². The number of benzene rings is 7. The highest BCUT2D eigenvalue weighted by Crippen LogP contribution is 2.34. The Morgan fingerprint density at radius 1 is 0.479 bits per heavy atom. The number of aliphatic imine (C=N–C) groups is 1. The maximum atomic E-state index is 5.05. The van der Waals surface area contributed by atoms with Gasteiger partial charge < -0.3 is 0 Å². The molecule has 7 aromatic carbocycles. The van der Waals surface area contributed by atoms with E-state index in [4.69, 9.17) is 15.0 Å². The van der Waals surface area contributed by atoms with Crippen LogP contribution in [-0.2, 0) is 0 Å². The van der Waals surface area contributed by atoms with Crippen molar-refractivity contribution in [3.05, 3.63) is 290 Å². The Labute approximate surface area is 422 Å². The van der Waals surface area contributed by atoms with E-state index in [-0.39, 0.29) is 0 Å². The van der Waals surface area contributed by atoms with Crippen LogP contribution in [0, 0.1) is 6.92 Å². The first-order chi connectivity index (χ1) is 34.5. The third kappa shape index (κ3) is 12.7. The molecular weight excluding hydrogens is 859 g/mol. The maximum absolute atomic E-state index is 5.05. The fraction of sp³-hybridized carbons (Fsp3) is 0.0735.